The van der Waals surface area contributed by atoms with E-state index in [4.69, 9.17) is 24.3 Å². The zero-order valence-electron chi connectivity index (χ0n) is 28.9. The minimum Gasteiger partial charge on any atom is -0.462 e. The van der Waals surface area contributed by atoms with E-state index in [-0.39, 0.29) is 38.6 Å². The Bertz CT molecular complexity index is 764. The van der Waals surface area contributed by atoms with Crippen LogP contribution in [0.1, 0.15) is 168 Å². The van der Waals surface area contributed by atoms with Gasteiger partial charge in [-0.15, -0.1) is 0 Å². The number of nitrogens with two attached hydrogens (primary N) is 1. The predicted molar refractivity (Wildman–Crippen MR) is 183 cm³/mol. The van der Waals surface area contributed by atoms with Crippen LogP contribution in [0.25, 0.3) is 0 Å². The second kappa shape index (κ2) is 32.7. The third-order valence-corrected chi connectivity index (χ3v) is 8.64. The van der Waals surface area contributed by atoms with Crippen LogP contribution in [0.5, 0.6) is 0 Å². The van der Waals surface area contributed by atoms with Gasteiger partial charge in [-0.05, 0) is 38.5 Å². The van der Waals surface area contributed by atoms with Crippen molar-refractivity contribution in [3.63, 3.8) is 0 Å². The Labute approximate surface area is 275 Å². The summed E-state index contributed by atoms with van der Waals surface area (Å²) < 4.78 is 32.6. The van der Waals surface area contributed by atoms with Gasteiger partial charge < -0.3 is 20.1 Å². The fourth-order valence-corrected chi connectivity index (χ4v) is 5.69. The number of unbranched alkanes of at least 4 members (excludes halogenated alkanes) is 19. The Morgan fingerprint density at radius 3 is 1.60 bits per heavy atom. The van der Waals surface area contributed by atoms with E-state index in [1.54, 1.807) is 0 Å². The zero-order chi connectivity index (χ0) is 33.3. The van der Waals surface area contributed by atoms with Gasteiger partial charge in [0.25, 0.3) is 0 Å². The summed E-state index contributed by atoms with van der Waals surface area (Å²) in [6.45, 7) is 3.69. The molecule has 0 aromatic rings. The lowest BCUT2D eigenvalue weighted by Crippen LogP contribution is -2.29. The van der Waals surface area contributed by atoms with Gasteiger partial charge in [0.05, 0.1) is 13.2 Å². The number of phosphoric acid groups is 1. The highest BCUT2D eigenvalue weighted by Crippen LogP contribution is 2.43. The van der Waals surface area contributed by atoms with Crippen LogP contribution in [-0.2, 0) is 32.7 Å². The number of hydrogen-bond donors (Lipinski definition) is 2. The molecular weight excluding hydrogens is 593 g/mol. The molecule has 0 radical (unpaired) electrons. The van der Waals surface area contributed by atoms with Gasteiger partial charge in [-0.2, -0.15) is 0 Å². The van der Waals surface area contributed by atoms with E-state index in [2.05, 4.69) is 26.0 Å². The van der Waals surface area contributed by atoms with Gasteiger partial charge in [-0.25, -0.2) is 4.57 Å². The molecule has 0 aromatic carbocycles. The normalized spacial score (nSPS) is 13.6. The highest BCUT2D eigenvalue weighted by molar-refractivity contribution is 7.47. The lowest BCUT2D eigenvalue weighted by molar-refractivity contribution is -0.161. The number of rotatable bonds is 34. The number of allylic oxidation sites excluding steroid dienone is 2. The van der Waals surface area contributed by atoms with Crippen LogP contribution in [0, 0.1) is 0 Å². The molecule has 1 unspecified atom stereocenters. The molecule has 0 bridgehead atoms. The summed E-state index contributed by atoms with van der Waals surface area (Å²) in [5.41, 5.74) is 5.32. The maximum atomic E-state index is 12.5. The van der Waals surface area contributed by atoms with Gasteiger partial charge in [0.15, 0.2) is 6.10 Å². The first kappa shape index (κ1) is 43.8. The number of carbonyl (C=O) groups excluding carboxylic acids is 2. The summed E-state index contributed by atoms with van der Waals surface area (Å²) in [6.07, 6.45) is 29.5. The Kier molecular flexibility index (Phi) is 31.8. The highest BCUT2D eigenvalue weighted by Gasteiger charge is 2.25. The van der Waals surface area contributed by atoms with Gasteiger partial charge in [-0.1, -0.05) is 129 Å². The molecule has 0 fully saturated rings. The van der Waals surface area contributed by atoms with Crippen LogP contribution in [-0.4, -0.2) is 49.3 Å². The summed E-state index contributed by atoms with van der Waals surface area (Å²) in [5, 5.41) is 0. The number of hydrogen-bond acceptors (Lipinski definition) is 8. The number of esters is 2. The first-order valence-electron chi connectivity index (χ1n) is 18.2. The minimum absolute atomic E-state index is 0.0544. The van der Waals surface area contributed by atoms with Crippen molar-refractivity contribution in [1.82, 2.24) is 0 Å². The molecule has 45 heavy (non-hydrogen) atoms. The smallest absolute Gasteiger partial charge is 0.462 e. The van der Waals surface area contributed by atoms with Gasteiger partial charge in [0.2, 0.25) is 0 Å². The van der Waals surface area contributed by atoms with E-state index >= 15 is 0 Å². The maximum Gasteiger partial charge on any atom is 0.472 e. The predicted octanol–water partition coefficient (Wildman–Crippen LogP) is 9.49. The van der Waals surface area contributed by atoms with Crippen molar-refractivity contribution in [2.24, 2.45) is 5.73 Å². The van der Waals surface area contributed by atoms with Crippen LogP contribution in [0.4, 0.5) is 0 Å². The molecule has 9 nitrogen and oxygen atoms in total. The topological polar surface area (TPSA) is 134 Å². The van der Waals surface area contributed by atoms with Crippen molar-refractivity contribution in [1.29, 1.82) is 0 Å². The second-order valence-corrected chi connectivity index (χ2v) is 13.5. The fraction of sp³-hybridized carbons (Fsp3) is 0.886. The van der Waals surface area contributed by atoms with Crippen LogP contribution in [0.2, 0.25) is 0 Å². The third-order valence-electron chi connectivity index (χ3n) is 7.65. The van der Waals surface area contributed by atoms with E-state index < -0.39 is 26.5 Å². The van der Waals surface area contributed by atoms with Crippen LogP contribution < -0.4 is 5.73 Å². The lowest BCUT2D eigenvalue weighted by atomic mass is 10.1. The van der Waals surface area contributed by atoms with Crippen LogP contribution in [0.15, 0.2) is 12.2 Å². The molecule has 0 aromatic heterocycles. The van der Waals surface area contributed by atoms with Crippen molar-refractivity contribution < 1.29 is 37.6 Å². The average molecular weight is 662 g/mol. The number of carbonyl (C=O) groups is 2. The van der Waals surface area contributed by atoms with Crippen molar-refractivity contribution in [2.45, 2.75) is 174 Å². The summed E-state index contributed by atoms with van der Waals surface area (Å²) in [4.78, 5) is 34.6. The maximum absolute atomic E-state index is 12.5. The van der Waals surface area contributed by atoms with Gasteiger partial charge in [0.1, 0.15) is 6.61 Å². The molecule has 10 heteroatoms. The number of phosphoric ester groups is 1. The zero-order valence-corrected chi connectivity index (χ0v) is 29.8. The van der Waals surface area contributed by atoms with Crippen molar-refractivity contribution in [2.75, 3.05) is 26.4 Å². The molecule has 0 heterocycles. The summed E-state index contributed by atoms with van der Waals surface area (Å²) in [5.74, 6) is -0.837. The quantitative estimate of drug-likeness (QED) is 0.0299. The van der Waals surface area contributed by atoms with Gasteiger partial charge >= 0.3 is 19.8 Å². The van der Waals surface area contributed by atoms with E-state index in [9.17, 15) is 19.0 Å². The SMILES string of the molecule is CCCCCC/C=C/CCCCCCCC(=O)O[C@H](COC(=O)CCCCCCCCCCCCC)COP(=O)(O)OCCN. The molecule has 0 aliphatic rings. The second-order valence-electron chi connectivity index (χ2n) is 12.1. The number of ether oxygens (including phenoxy) is 2. The lowest BCUT2D eigenvalue weighted by Gasteiger charge is -2.19. The average Bonchev–Trinajstić information content (AvgIpc) is 3.02. The van der Waals surface area contributed by atoms with Gasteiger partial charge in [0, 0.05) is 19.4 Å². The van der Waals surface area contributed by atoms with Crippen LogP contribution in [0.3, 0.4) is 0 Å². The van der Waals surface area contributed by atoms with E-state index in [0.717, 1.165) is 51.4 Å². The molecule has 0 amide bonds. The molecule has 2 atom stereocenters. The van der Waals surface area contributed by atoms with E-state index in [1.807, 2.05) is 0 Å². The Morgan fingerprint density at radius 2 is 1.09 bits per heavy atom. The summed E-state index contributed by atoms with van der Waals surface area (Å²) in [6, 6.07) is 0. The third kappa shape index (κ3) is 32.5. The molecule has 0 aliphatic heterocycles. The van der Waals surface area contributed by atoms with E-state index in [1.165, 1.54) is 83.5 Å². The molecule has 0 saturated carbocycles. The standard InChI is InChI=1S/C35H68NO8P/c1-3-5-7-9-11-13-15-16-18-20-22-24-26-28-35(38)44-33(32-43-45(39,40)42-30-29-36)31-41-34(37)27-25-23-21-19-17-14-12-10-8-6-4-2/h13,15,33H,3-12,14,16-32,36H2,1-2H3,(H,39,40)/b15-13+/t33-/m1/s1. The molecule has 3 N–H and O–H groups in total. The fourth-order valence-electron chi connectivity index (χ4n) is 4.92. The van der Waals surface area contributed by atoms with Gasteiger partial charge in [-0.3, -0.25) is 18.6 Å². The monoisotopic (exact) mass is 661 g/mol. The summed E-state index contributed by atoms with van der Waals surface area (Å²) in [7, 11) is -4.36. The Balaban J connectivity index is 4.26. The summed E-state index contributed by atoms with van der Waals surface area (Å²) >= 11 is 0. The minimum atomic E-state index is -4.36. The largest absolute Gasteiger partial charge is 0.472 e. The van der Waals surface area contributed by atoms with Crippen molar-refractivity contribution >= 4 is 19.8 Å². The molecule has 0 saturated heterocycles. The molecule has 0 aliphatic carbocycles. The van der Waals surface area contributed by atoms with E-state index in [0.29, 0.717) is 6.42 Å². The first-order valence-corrected chi connectivity index (χ1v) is 19.7. The molecular formula is C35H68NO8P. The Morgan fingerprint density at radius 1 is 0.644 bits per heavy atom. The van der Waals surface area contributed by atoms with Crippen molar-refractivity contribution in [3.8, 4) is 0 Å². The van der Waals surface area contributed by atoms with Crippen LogP contribution >= 0.6 is 7.82 Å². The first-order chi connectivity index (χ1) is 21.8. The Hall–Kier alpha value is -1.25. The van der Waals surface area contributed by atoms with Crippen molar-refractivity contribution in [3.05, 3.63) is 12.2 Å². The molecule has 0 spiro atoms. The highest BCUT2D eigenvalue weighted by atomic mass is 31.2. The molecule has 0 rings (SSSR count). The molecule has 266 valence electrons.